The molecule has 0 spiro atoms. The molecule has 1 atom stereocenters. The summed E-state index contributed by atoms with van der Waals surface area (Å²) in [6, 6.07) is 16.7. The summed E-state index contributed by atoms with van der Waals surface area (Å²) in [5, 5.41) is 3.65. The van der Waals surface area contributed by atoms with Crippen LogP contribution in [0.5, 0.6) is 17.2 Å². The molecule has 0 aromatic heterocycles. The van der Waals surface area contributed by atoms with Gasteiger partial charge in [0, 0.05) is 11.6 Å². The Morgan fingerprint density at radius 3 is 2.39 bits per heavy atom. The van der Waals surface area contributed by atoms with Crippen molar-refractivity contribution in [3.05, 3.63) is 81.9 Å². The lowest BCUT2D eigenvalue weighted by atomic mass is 9.88. The van der Waals surface area contributed by atoms with Crippen LogP contribution in [0.15, 0.2) is 54.6 Å². The standard InChI is InChI=1S/C26H27ClN2O4/c1-16-8-9-22(31-2)21(12-16)28-26(30)29-11-10-17-14-23(32-3)24(33-4)15-20(17)25(29)18-6-5-7-19(27)13-18/h5-9,12-15,25H,10-11H2,1-4H3,(H,28,30). The number of methoxy groups -OCH3 is 3. The zero-order chi connectivity index (χ0) is 23.5. The highest BCUT2D eigenvalue weighted by Crippen LogP contribution is 2.42. The van der Waals surface area contributed by atoms with Crippen molar-refractivity contribution in [3.63, 3.8) is 0 Å². The quantitative estimate of drug-likeness (QED) is 0.512. The van der Waals surface area contributed by atoms with Gasteiger partial charge >= 0.3 is 6.03 Å². The van der Waals surface area contributed by atoms with Gasteiger partial charge in [-0.25, -0.2) is 4.79 Å². The van der Waals surface area contributed by atoms with E-state index in [2.05, 4.69) is 5.32 Å². The number of urea groups is 1. The molecule has 7 heteroatoms. The van der Waals surface area contributed by atoms with E-state index in [1.165, 1.54) is 0 Å². The van der Waals surface area contributed by atoms with E-state index >= 15 is 0 Å². The topological polar surface area (TPSA) is 60.0 Å². The fourth-order valence-electron chi connectivity index (χ4n) is 4.31. The van der Waals surface area contributed by atoms with Crippen LogP contribution in [0, 0.1) is 6.92 Å². The number of amides is 2. The predicted molar refractivity (Wildman–Crippen MR) is 130 cm³/mol. The maximum absolute atomic E-state index is 13.6. The predicted octanol–water partition coefficient (Wildman–Crippen LogP) is 5.85. The minimum Gasteiger partial charge on any atom is -0.495 e. The van der Waals surface area contributed by atoms with E-state index in [-0.39, 0.29) is 12.1 Å². The van der Waals surface area contributed by atoms with E-state index < -0.39 is 0 Å². The maximum atomic E-state index is 13.6. The number of carbonyl (C=O) groups is 1. The average molecular weight is 467 g/mol. The molecule has 0 radical (unpaired) electrons. The molecule has 1 N–H and O–H groups in total. The molecule has 2 amide bonds. The van der Waals surface area contributed by atoms with Gasteiger partial charge in [-0.05, 0) is 72.0 Å². The van der Waals surface area contributed by atoms with Gasteiger partial charge in [0.25, 0.3) is 0 Å². The first-order chi connectivity index (χ1) is 15.9. The van der Waals surface area contributed by atoms with Crippen LogP contribution in [0.2, 0.25) is 5.02 Å². The number of carbonyl (C=O) groups excluding carboxylic acids is 1. The van der Waals surface area contributed by atoms with Crippen LogP contribution < -0.4 is 19.5 Å². The number of nitrogens with zero attached hydrogens (tertiary/aromatic N) is 1. The molecule has 0 saturated heterocycles. The largest absolute Gasteiger partial charge is 0.495 e. The van der Waals surface area contributed by atoms with Crippen molar-refractivity contribution in [2.75, 3.05) is 33.2 Å². The number of aryl methyl sites for hydroxylation is 1. The molecule has 0 aliphatic carbocycles. The fraction of sp³-hybridized carbons (Fsp3) is 0.269. The van der Waals surface area contributed by atoms with Crippen molar-refractivity contribution in [2.24, 2.45) is 0 Å². The molecule has 1 aliphatic rings. The van der Waals surface area contributed by atoms with Crippen LogP contribution in [-0.2, 0) is 6.42 Å². The highest BCUT2D eigenvalue weighted by molar-refractivity contribution is 6.30. The Morgan fingerprint density at radius 1 is 0.970 bits per heavy atom. The molecular formula is C26H27ClN2O4. The Bertz CT molecular complexity index is 1180. The smallest absolute Gasteiger partial charge is 0.322 e. The summed E-state index contributed by atoms with van der Waals surface area (Å²) in [5.74, 6) is 1.89. The van der Waals surface area contributed by atoms with Crippen LogP contribution in [-0.4, -0.2) is 38.8 Å². The van der Waals surface area contributed by atoms with Crippen molar-refractivity contribution in [2.45, 2.75) is 19.4 Å². The molecule has 172 valence electrons. The first-order valence-electron chi connectivity index (χ1n) is 10.7. The summed E-state index contributed by atoms with van der Waals surface area (Å²) < 4.78 is 16.5. The minimum absolute atomic E-state index is 0.218. The van der Waals surface area contributed by atoms with Gasteiger partial charge in [-0.1, -0.05) is 29.8 Å². The van der Waals surface area contributed by atoms with Gasteiger partial charge in [-0.15, -0.1) is 0 Å². The van der Waals surface area contributed by atoms with Crippen LogP contribution in [0.1, 0.15) is 28.3 Å². The molecule has 1 unspecified atom stereocenters. The third kappa shape index (κ3) is 4.57. The van der Waals surface area contributed by atoms with Crippen molar-refractivity contribution in [3.8, 4) is 17.2 Å². The number of hydrogen-bond donors (Lipinski definition) is 1. The summed E-state index contributed by atoms with van der Waals surface area (Å²) >= 11 is 6.33. The highest BCUT2D eigenvalue weighted by Gasteiger charge is 2.34. The van der Waals surface area contributed by atoms with Gasteiger partial charge < -0.3 is 24.4 Å². The molecule has 3 aromatic carbocycles. The van der Waals surface area contributed by atoms with Crippen molar-refractivity contribution < 1.29 is 19.0 Å². The highest BCUT2D eigenvalue weighted by atomic mass is 35.5. The van der Waals surface area contributed by atoms with Crippen LogP contribution >= 0.6 is 11.6 Å². The molecule has 4 rings (SSSR count). The van der Waals surface area contributed by atoms with Crippen molar-refractivity contribution in [1.82, 2.24) is 4.90 Å². The van der Waals surface area contributed by atoms with Gasteiger partial charge in [0.15, 0.2) is 11.5 Å². The molecule has 1 heterocycles. The van der Waals surface area contributed by atoms with E-state index in [1.54, 1.807) is 21.3 Å². The third-order valence-corrected chi connectivity index (χ3v) is 6.13. The maximum Gasteiger partial charge on any atom is 0.322 e. The fourth-order valence-corrected chi connectivity index (χ4v) is 4.51. The van der Waals surface area contributed by atoms with Gasteiger partial charge in [0.05, 0.1) is 33.1 Å². The van der Waals surface area contributed by atoms with Crippen molar-refractivity contribution in [1.29, 1.82) is 0 Å². The lowest BCUT2D eigenvalue weighted by Gasteiger charge is -2.38. The number of hydrogen-bond acceptors (Lipinski definition) is 4. The van der Waals surface area contributed by atoms with E-state index in [9.17, 15) is 4.79 Å². The lowest BCUT2D eigenvalue weighted by molar-refractivity contribution is 0.193. The van der Waals surface area contributed by atoms with Crippen molar-refractivity contribution >= 4 is 23.3 Å². The van der Waals surface area contributed by atoms with Gasteiger partial charge in [-0.3, -0.25) is 0 Å². The first kappa shape index (κ1) is 22.8. The SMILES string of the molecule is COc1ccc(C)cc1NC(=O)N1CCc2cc(OC)c(OC)cc2C1c1cccc(Cl)c1. The molecule has 1 aliphatic heterocycles. The Labute approximate surface area is 199 Å². The zero-order valence-electron chi connectivity index (χ0n) is 19.1. The third-order valence-electron chi connectivity index (χ3n) is 5.90. The number of nitrogens with one attached hydrogen (secondary N) is 1. The number of fused-ring (bicyclic) bond motifs is 1. The van der Waals surface area contributed by atoms with E-state index in [1.807, 2.05) is 66.4 Å². The van der Waals surface area contributed by atoms with E-state index in [4.69, 9.17) is 25.8 Å². The second-order valence-electron chi connectivity index (χ2n) is 7.94. The number of rotatable bonds is 5. The summed E-state index contributed by atoms with van der Waals surface area (Å²) in [5.41, 5.74) is 4.66. The Hall–Kier alpha value is -3.38. The van der Waals surface area contributed by atoms with E-state index in [0.29, 0.717) is 40.9 Å². The Balaban J connectivity index is 1.78. The summed E-state index contributed by atoms with van der Waals surface area (Å²) in [4.78, 5) is 15.4. The summed E-state index contributed by atoms with van der Waals surface area (Å²) in [7, 11) is 4.82. The minimum atomic E-state index is -0.344. The molecule has 33 heavy (non-hydrogen) atoms. The molecule has 0 fully saturated rings. The first-order valence-corrected chi connectivity index (χ1v) is 11.1. The second-order valence-corrected chi connectivity index (χ2v) is 8.38. The number of anilines is 1. The Kier molecular flexibility index (Phi) is 6.65. The van der Waals surface area contributed by atoms with Crippen LogP contribution in [0.25, 0.3) is 0 Å². The monoisotopic (exact) mass is 466 g/mol. The summed E-state index contributed by atoms with van der Waals surface area (Å²) in [6.45, 7) is 2.50. The number of ether oxygens (including phenoxy) is 3. The van der Waals surface area contributed by atoms with Gasteiger partial charge in [0.1, 0.15) is 5.75 Å². The normalized spacial score (nSPS) is 14.9. The zero-order valence-corrected chi connectivity index (χ0v) is 19.9. The van der Waals surface area contributed by atoms with Crippen LogP contribution in [0.4, 0.5) is 10.5 Å². The average Bonchev–Trinajstić information content (AvgIpc) is 2.82. The summed E-state index contributed by atoms with van der Waals surface area (Å²) in [6.07, 6.45) is 0.686. The number of benzene rings is 3. The molecular weight excluding hydrogens is 440 g/mol. The molecule has 0 saturated carbocycles. The molecule has 6 nitrogen and oxygen atoms in total. The van der Waals surface area contributed by atoms with Crippen LogP contribution in [0.3, 0.4) is 0 Å². The second kappa shape index (κ2) is 9.63. The Morgan fingerprint density at radius 2 is 1.70 bits per heavy atom. The van der Waals surface area contributed by atoms with E-state index in [0.717, 1.165) is 22.3 Å². The van der Waals surface area contributed by atoms with Gasteiger partial charge in [0.2, 0.25) is 0 Å². The molecule has 3 aromatic rings. The number of halogens is 1. The molecule has 0 bridgehead atoms. The van der Waals surface area contributed by atoms with Gasteiger partial charge in [-0.2, -0.15) is 0 Å². The lowest BCUT2D eigenvalue weighted by Crippen LogP contribution is -2.43.